The molecule has 3 heteroatoms. The summed E-state index contributed by atoms with van der Waals surface area (Å²) in [6.45, 7) is 8.58. The third-order valence-corrected chi connectivity index (χ3v) is 2.91. The molecule has 0 saturated heterocycles. The molecular formula is C15H23NO2. The number of amides is 1. The third kappa shape index (κ3) is 4.49. The average molecular weight is 249 g/mol. The molecular weight excluding hydrogens is 226 g/mol. The van der Waals surface area contributed by atoms with Crippen LogP contribution in [0.15, 0.2) is 24.3 Å². The largest absolute Gasteiger partial charge is 0.384 e. The standard InChI is InChI=1S/C15H23NO2/c1-11(17)14(18)16-10-9-12-5-7-13(8-6-12)15(2,3)4/h5-8,11,17H,9-10H2,1-4H3,(H,16,18). The van der Waals surface area contributed by atoms with Crippen LogP contribution in [-0.2, 0) is 16.6 Å². The van der Waals surface area contributed by atoms with Crippen LogP contribution in [0.25, 0.3) is 0 Å². The van der Waals surface area contributed by atoms with Gasteiger partial charge in [-0.3, -0.25) is 4.79 Å². The van der Waals surface area contributed by atoms with Crippen molar-refractivity contribution in [2.24, 2.45) is 0 Å². The van der Waals surface area contributed by atoms with E-state index in [1.165, 1.54) is 18.1 Å². The summed E-state index contributed by atoms with van der Waals surface area (Å²) in [5.74, 6) is -0.318. The van der Waals surface area contributed by atoms with Crippen LogP contribution in [0, 0.1) is 0 Å². The van der Waals surface area contributed by atoms with Gasteiger partial charge in [0.1, 0.15) is 6.10 Å². The maximum atomic E-state index is 11.2. The Morgan fingerprint density at radius 2 is 1.83 bits per heavy atom. The van der Waals surface area contributed by atoms with Crippen molar-refractivity contribution in [1.82, 2.24) is 5.32 Å². The molecule has 1 amide bonds. The topological polar surface area (TPSA) is 49.3 Å². The van der Waals surface area contributed by atoms with Crippen LogP contribution in [0.1, 0.15) is 38.8 Å². The number of benzene rings is 1. The minimum absolute atomic E-state index is 0.166. The minimum Gasteiger partial charge on any atom is -0.384 e. The normalized spacial score (nSPS) is 13.2. The summed E-state index contributed by atoms with van der Waals surface area (Å²) in [7, 11) is 0. The van der Waals surface area contributed by atoms with Gasteiger partial charge in [-0.05, 0) is 29.9 Å². The molecule has 1 aromatic carbocycles. The molecule has 0 aliphatic carbocycles. The summed E-state index contributed by atoms with van der Waals surface area (Å²) in [6.07, 6.45) is -0.156. The second kappa shape index (κ2) is 6.01. The SMILES string of the molecule is CC(O)C(=O)NCCc1ccc(C(C)(C)C)cc1. The first-order chi connectivity index (χ1) is 8.30. The van der Waals surface area contributed by atoms with E-state index in [1.54, 1.807) is 0 Å². The molecule has 1 atom stereocenters. The van der Waals surface area contributed by atoms with Crippen LogP contribution in [0.2, 0.25) is 0 Å². The van der Waals surface area contributed by atoms with Crippen molar-refractivity contribution in [2.75, 3.05) is 6.54 Å². The number of hydrogen-bond acceptors (Lipinski definition) is 2. The van der Waals surface area contributed by atoms with Crippen molar-refractivity contribution in [1.29, 1.82) is 0 Å². The Bertz CT molecular complexity index is 388. The fraction of sp³-hybridized carbons (Fsp3) is 0.533. The van der Waals surface area contributed by atoms with Crippen LogP contribution in [0.4, 0.5) is 0 Å². The van der Waals surface area contributed by atoms with E-state index in [9.17, 15) is 4.79 Å². The second-order valence-corrected chi connectivity index (χ2v) is 5.66. The first-order valence-electron chi connectivity index (χ1n) is 6.36. The molecule has 0 radical (unpaired) electrons. The van der Waals surface area contributed by atoms with Crippen molar-refractivity contribution in [3.8, 4) is 0 Å². The fourth-order valence-electron chi connectivity index (χ4n) is 1.65. The van der Waals surface area contributed by atoms with Crippen molar-refractivity contribution >= 4 is 5.91 Å². The lowest BCUT2D eigenvalue weighted by molar-refractivity contribution is -0.128. The van der Waals surface area contributed by atoms with Crippen molar-refractivity contribution in [3.63, 3.8) is 0 Å². The Morgan fingerprint density at radius 1 is 1.28 bits per heavy atom. The molecule has 18 heavy (non-hydrogen) atoms. The van der Waals surface area contributed by atoms with E-state index >= 15 is 0 Å². The number of nitrogens with one attached hydrogen (secondary N) is 1. The molecule has 0 fully saturated rings. The predicted molar refractivity (Wildman–Crippen MR) is 73.5 cm³/mol. The summed E-state index contributed by atoms with van der Waals surface area (Å²) in [5.41, 5.74) is 2.66. The molecule has 0 spiro atoms. The van der Waals surface area contributed by atoms with Gasteiger partial charge in [0.15, 0.2) is 0 Å². The fourth-order valence-corrected chi connectivity index (χ4v) is 1.65. The summed E-state index contributed by atoms with van der Waals surface area (Å²) in [6, 6.07) is 8.45. The highest BCUT2D eigenvalue weighted by Crippen LogP contribution is 2.22. The molecule has 0 saturated carbocycles. The Balaban J connectivity index is 2.47. The van der Waals surface area contributed by atoms with Gasteiger partial charge in [-0.2, -0.15) is 0 Å². The molecule has 2 N–H and O–H groups in total. The van der Waals surface area contributed by atoms with Gasteiger partial charge in [-0.15, -0.1) is 0 Å². The molecule has 0 aromatic heterocycles. The van der Waals surface area contributed by atoms with Crippen LogP contribution < -0.4 is 5.32 Å². The Hall–Kier alpha value is -1.35. The molecule has 0 bridgehead atoms. The lowest BCUT2D eigenvalue weighted by atomic mass is 9.86. The van der Waals surface area contributed by atoms with E-state index in [2.05, 4.69) is 50.4 Å². The Morgan fingerprint density at radius 3 is 2.28 bits per heavy atom. The van der Waals surface area contributed by atoms with Crippen LogP contribution in [0.5, 0.6) is 0 Å². The van der Waals surface area contributed by atoms with Gasteiger partial charge in [0.25, 0.3) is 0 Å². The lowest BCUT2D eigenvalue weighted by Gasteiger charge is -2.19. The third-order valence-electron chi connectivity index (χ3n) is 2.91. The summed E-state index contributed by atoms with van der Waals surface area (Å²) >= 11 is 0. The highest BCUT2D eigenvalue weighted by molar-refractivity contribution is 5.79. The number of rotatable bonds is 4. The van der Waals surface area contributed by atoms with Crippen LogP contribution in [0.3, 0.4) is 0 Å². The second-order valence-electron chi connectivity index (χ2n) is 5.66. The van der Waals surface area contributed by atoms with Crippen LogP contribution >= 0.6 is 0 Å². The van der Waals surface area contributed by atoms with Crippen molar-refractivity contribution < 1.29 is 9.90 Å². The lowest BCUT2D eigenvalue weighted by Crippen LogP contribution is -2.33. The summed E-state index contributed by atoms with van der Waals surface area (Å²) in [5, 5.41) is 11.7. The van der Waals surface area contributed by atoms with E-state index in [0.717, 1.165) is 6.42 Å². The number of aliphatic hydroxyl groups is 1. The first kappa shape index (κ1) is 14.7. The van der Waals surface area contributed by atoms with Gasteiger partial charge in [0.2, 0.25) is 5.91 Å². The van der Waals surface area contributed by atoms with Gasteiger partial charge in [0.05, 0.1) is 0 Å². The van der Waals surface area contributed by atoms with Crippen molar-refractivity contribution in [2.45, 2.75) is 45.6 Å². The molecule has 100 valence electrons. The zero-order valence-corrected chi connectivity index (χ0v) is 11.7. The predicted octanol–water partition coefficient (Wildman–Crippen LogP) is 2.02. The zero-order chi connectivity index (χ0) is 13.8. The zero-order valence-electron chi connectivity index (χ0n) is 11.7. The van der Waals surface area contributed by atoms with Gasteiger partial charge < -0.3 is 10.4 Å². The monoisotopic (exact) mass is 249 g/mol. The van der Waals surface area contributed by atoms with Crippen molar-refractivity contribution in [3.05, 3.63) is 35.4 Å². The van der Waals surface area contributed by atoms with Gasteiger partial charge in [-0.25, -0.2) is 0 Å². The highest BCUT2D eigenvalue weighted by Gasteiger charge is 2.12. The highest BCUT2D eigenvalue weighted by atomic mass is 16.3. The number of carbonyl (C=O) groups excluding carboxylic acids is 1. The summed E-state index contributed by atoms with van der Waals surface area (Å²) < 4.78 is 0. The van der Waals surface area contributed by atoms with E-state index in [1.807, 2.05) is 0 Å². The van der Waals surface area contributed by atoms with Gasteiger partial charge in [-0.1, -0.05) is 45.0 Å². The average Bonchev–Trinajstić information content (AvgIpc) is 2.28. The van der Waals surface area contributed by atoms with Gasteiger partial charge >= 0.3 is 0 Å². The quantitative estimate of drug-likeness (QED) is 0.857. The molecule has 1 rings (SSSR count). The molecule has 3 nitrogen and oxygen atoms in total. The minimum atomic E-state index is -0.937. The Labute approximate surface area is 109 Å². The van der Waals surface area contributed by atoms with E-state index in [-0.39, 0.29) is 11.3 Å². The number of carbonyl (C=O) groups is 1. The Kier molecular flexibility index (Phi) is 4.91. The number of aliphatic hydroxyl groups excluding tert-OH is 1. The maximum absolute atomic E-state index is 11.2. The van der Waals surface area contributed by atoms with E-state index in [0.29, 0.717) is 6.54 Å². The van der Waals surface area contributed by atoms with Gasteiger partial charge in [0, 0.05) is 6.54 Å². The molecule has 0 aliphatic heterocycles. The molecule has 0 aliphatic rings. The first-order valence-corrected chi connectivity index (χ1v) is 6.36. The molecule has 1 unspecified atom stereocenters. The maximum Gasteiger partial charge on any atom is 0.248 e. The summed E-state index contributed by atoms with van der Waals surface area (Å²) in [4.78, 5) is 11.2. The molecule has 1 aromatic rings. The molecule has 0 heterocycles. The number of hydrogen-bond donors (Lipinski definition) is 2. The van der Waals surface area contributed by atoms with E-state index in [4.69, 9.17) is 5.11 Å². The van der Waals surface area contributed by atoms with E-state index < -0.39 is 6.10 Å². The smallest absolute Gasteiger partial charge is 0.248 e. The van der Waals surface area contributed by atoms with Crippen LogP contribution in [-0.4, -0.2) is 23.7 Å².